The van der Waals surface area contributed by atoms with Crippen LogP contribution in [0.2, 0.25) is 0 Å². The van der Waals surface area contributed by atoms with Gasteiger partial charge in [0.1, 0.15) is 5.75 Å². The number of rotatable bonds is 2. The Morgan fingerprint density at radius 2 is 1.68 bits per heavy atom. The van der Waals surface area contributed by atoms with Gasteiger partial charge in [-0.15, -0.1) is 0 Å². The van der Waals surface area contributed by atoms with Gasteiger partial charge >= 0.3 is 6.09 Å². The largest absolute Gasteiger partial charge is 0.507 e. The van der Waals surface area contributed by atoms with E-state index in [1.807, 2.05) is 18.2 Å². The molecule has 0 radical (unpaired) electrons. The Balaban J connectivity index is 2.32. The first kappa shape index (κ1) is 13.4. The predicted molar refractivity (Wildman–Crippen MR) is 77.7 cm³/mol. The minimum atomic E-state index is -1.000. The second-order valence-electron chi connectivity index (χ2n) is 4.05. The van der Waals surface area contributed by atoms with E-state index < -0.39 is 6.09 Å². The van der Waals surface area contributed by atoms with Crippen molar-refractivity contribution in [2.75, 3.05) is 11.9 Å². The second kappa shape index (κ2) is 5.32. The van der Waals surface area contributed by atoms with Crippen molar-refractivity contribution < 1.29 is 15.0 Å². The number of phenolic OH excluding ortho intramolecular Hbond substituents is 1. The molecule has 2 aromatic rings. The smallest absolute Gasteiger partial charge is 0.411 e. The summed E-state index contributed by atoms with van der Waals surface area (Å²) in [6.07, 6.45) is -1.000. The SMILES string of the molecule is CN(C(=O)O)c1ccc(-c2ccc(O)c(Br)c2)cc1. The van der Waals surface area contributed by atoms with Gasteiger partial charge in [-0.3, -0.25) is 4.90 Å². The van der Waals surface area contributed by atoms with Crippen molar-refractivity contribution in [3.8, 4) is 16.9 Å². The molecule has 19 heavy (non-hydrogen) atoms. The lowest BCUT2D eigenvalue weighted by Crippen LogP contribution is -2.23. The van der Waals surface area contributed by atoms with E-state index in [4.69, 9.17) is 5.11 Å². The maximum atomic E-state index is 10.8. The molecule has 0 spiro atoms. The first-order valence-electron chi connectivity index (χ1n) is 5.54. The number of aromatic hydroxyl groups is 1. The van der Waals surface area contributed by atoms with E-state index in [2.05, 4.69) is 15.9 Å². The molecule has 4 nitrogen and oxygen atoms in total. The van der Waals surface area contributed by atoms with Crippen molar-refractivity contribution >= 4 is 27.7 Å². The summed E-state index contributed by atoms with van der Waals surface area (Å²) in [5.41, 5.74) is 2.49. The van der Waals surface area contributed by atoms with E-state index in [1.165, 1.54) is 7.05 Å². The highest BCUT2D eigenvalue weighted by Gasteiger charge is 2.08. The normalized spacial score (nSPS) is 10.2. The zero-order valence-electron chi connectivity index (χ0n) is 10.2. The molecule has 0 fully saturated rings. The molecule has 2 rings (SSSR count). The number of halogens is 1. The van der Waals surface area contributed by atoms with Gasteiger partial charge in [-0.25, -0.2) is 4.79 Å². The number of hydrogen-bond donors (Lipinski definition) is 2. The third-order valence-corrected chi connectivity index (χ3v) is 3.46. The fourth-order valence-corrected chi connectivity index (χ4v) is 2.05. The van der Waals surface area contributed by atoms with Crippen molar-refractivity contribution in [2.24, 2.45) is 0 Å². The molecule has 0 saturated heterocycles. The van der Waals surface area contributed by atoms with Crippen LogP contribution in [-0.4, -0.2) is 23.4 Å². The van der Waals surface area contributed by atoms with Crippen LogP contribution in [0.25, 0.3) is 11.1 Å². The van der Waals surface area contributed by atoms with Crippen LogP contribution in [0.3, 0.4) is 0 Å². The highest BCUT2D eigenvalue weighted by atomic mass is 79.9. The molecule has 0 saturated carbocycles. The van der Waals surface area contributed by atoms with Crippen molar-refractivity contribution in [3.05, 3.63) is 46.9 Å². The first-order chi connectivity index (χ1) is 8.99. The molecule has 1 amide bonds. The monoisotopic (exact) mass is 321 g/mol. The van der Waals surface area contributed by atoms with Gasteiger partial charge in [0, 0.05) is 12.7 Å². The zero-order chi connectivity index (χ0) is 14.0. The number of carbonyl (C=O) groups is 1. The van der Waals surface area contributed by atoms with Gasteiger partial charge in [0.25, 0.3) is 0 Å². The summed E-state index contributed by atoms with van der Waals surface area (Å²) in [5.74, 6) is 0.186. The topological polar surface area (TPSA) is 60.8 Å². The van der Waals surface area contributed by atoms with Crippen LogP contribution in [0.1, 0.15) is 0 Å². The lowest BCUT2D eigenvalue weighted by molar-refractivity contribution is 0.203. The average Bonchev–Trinajstić information content (AvgIpc) is 2.41. The predicted octanol–water partition coefficient (Wildman–Crippen LogP) is 3.94. The summed E-state index contributed by atoms with van der Waals surface area (Å²) in [6, 6.07) is 12.4. The van der Waals surface area contributed by atoms with Crippen molar-refractivity contribution in [2.45, 2.75) is 0 Å². The van der Waals surface area contributed by atoms with Gasteiger partial charge in [0.15, 0.2) is 0 Å². The van der Waals surface area contributed by atoms with E-state index in [-0.39, 0.29) is 5.75 Å². The maximum Gasteiger partial charge on any atom is 0.411 e. The van der Waals surface area contributed by atoms with Crippen LogP contribution >= 0.6 is 15.9 Å². The van der Waals surface area contributed by atoms with Crippen LogP contribution in [0.5, 0.6) is 5.75 Å². The van der Waals surface area contributed by atoms with Gasteiger partial charge in [0.05, 0.1) is 4.47 Å². The van der Waals surface area contributed by atoms with Crippen LogP contribution in [0.4, 0.5) is 10.5 Å². The lowest BCUT2D eigenvalue weighted by atomic mass is 10.1. The number of nitrogens with zero attached hydrogens (tertiary/aromatic N) is 1. The van der Waals surface area contributed by atoms with Gasteiger partial charge in [-0.1, -0.05) is 18.2 Å². The lowest BCUT2D eigenvalue weighted by Gasteiger charge is -2.13. The maximum absolute atomic E-state index is 10.8. The van der Waals surface area contributed by atoms with Gasteiger partial charge in [0.2, 0.25) is 0 Å². The highest BCUT2D eigenvalue weighted by Crippen LogP contribution is 2.30. The molecule has 2 N–H and O–H groups in total. The van der Waals surface area contributed by atoms with Crippen molar-refractivity contribution in [3.63, 3.8) is 0 Å². The molecular weight excluding hydrogens is 310 g/mol. The van der Waals surface area contributed by atoms with Crippen LogP contribution < -0.4 is 4.90 Å². The molecule has 98 valence electrons. The number of amides is 1. The molecule has 2 aromatic carbocycles. The minimum Gasteiger partial charge on any atom is -0.507 e. The van der Waals surface area contributed by atoms with E-state index in [9.17, 15) is 9.90 Å². The third-order valence-electron chi connectivity index (χ3n) is 2.82. The zero-order valence-corrected chi connectivity index (χ0v) is 11.8. The summed E-state index contributed by atoms with van der Waals surface area (Å²) in [5, 5.41) is 18.3. The minimum absolute atomic E-state index is 0.186. The first-order valence-corrected chi connectivity index (χ1v) is 6.34. The van der Waals surface area contributed by atoms with Gasteiger partial charge in [-0.2, -0.15) is 0 Å². The Kier molecular flexibility index (Phi) is 3.76. The number of anilines is 1. The standard InChI is InChI=1S/C14H12BrNO3/c1-16(14(18)19)11-5-2-9(3-6-11)10-4-7-13(17)12(15)8-10/h2-8,17H,1H3,(H,18,19). The Morgan fingerprint density at radius 3 is 2.21 bits per heavy atom. The molecular formula is C14H12BrNO3. The molecule has 0 aromatic heterocycles. The van der Waals surface area contributed by atoms with E-state index in [0.29, 0.717) is 10.2 Å². The van der Waals surface area contributed by atoms with Crippen LogP contribution in [-0.2, 0) is 0 Å². The second-order valence-corrected chi connectivity index (χ2v) is 4.91. The van der Waals surface area contributed by atoms with Crippen molar-refractivity contribution in [1.82, 2.24) is 0 Å². The van der Waals surface area contributed by atoms with Gasteiger partial charge in [-0.05, 0) is 51.3 Å². The van der Waals surface area contributed by atoms with Crippen LogP contribution in [0, 0.1) is 0 Å². The molecule has 5 heteroatoms. The average molecular weight is 322 g/mol. The van der Waals surface area contributed by atoms with Crippen LogP contribution in [0.15, 0.2) is 46.9 Å². The summed E-state index contributed by atoms with van der Waals surface area (Å²) >= 11 is 3.26. The van der Waals surface area contributed by atoms with Crippen molar-refractivity contribution in [1.29, 1.82) is 0 Å². The van der Waals surface area contributed by atoms with E-state index in [0.717, 1.165) is 16.0 Å². The Labute approximate surface area is 119 Å². The fraction of sp³-hybridized carbons (Fsp3) is 0.0714. The highest BCUT2D eigenvalue weighted by molar-refractivity contribution is 9.10. The van der Waals surface area contributed by atoms with Gasteiger partial charge < -0.3 is 10.2 Å². The molecule has 0 bridgehead atoms. The molecule has 0 atom stereocenters. The quantitative estimate of drug-likeness (QED) is 0.880. The fourth-order valence-electron chi connectivity index (χ4n) is 1.67. The Bertz CT molecular complexity index is 611. The summed E-state index contributed by atoms with van der Waals surface area (Å²) in [7, 11) is 1.49. The Hall–Kier alpha value is -2.01. The molecule has 0 aliphatic heterocycles. The molecule has 0 unspecified atom stereocenters. The number of benzene rings is 2. The van der Waals surface area contributed by atoms with E-state index in [1.54, 1.807) is 24.3 Å². The third kappa shape index (κ3) is 2.88. The summed E-state index contributed by atoms with van der Waals surface area (Å²) in [4.78, 5) is 12.0. The summed E-state index contributed by atoms with van der Waals surface area (Å²) in [6.45, 7) is 0. The Morgan fingerprint density at radius 1 is 1.11 bits per heavy atom. The molecule has 0 aliphatic carbocycles. The van der Waals surface area contributed by atoms with E-state index >= 15 is 0 Å². The molecule has 0 heterocycles. The number of carboxylic acid groups (broad SMARTS) is 1. The molecule has 0 aliphatic rings. The summed E-state index contributed by atoms with van der Waals surface area (Å²) < 4.78 is 0.622. The number of hydrogen-bond acceptors (Lipinski definition) is 2. The number of phenols is 1.